The Kier molecular flexibility index (Phi) is 9.68. The second kappa shape index (κ2) is 12.9. The number of benzene rings is 3. The van der Waals surface area contributed by atoms with Gasteiger partial charge in [0.05, 0.1) is 6.61 Å². The Balaban J connectivity index is 1.73. The maximum Gasteiger partial charge on any atom is 0.333 e. The molecular weight excluding hydrogens is 436 g/mol. The molecule has 0 radical (unpaired) electrons. The van der Waals surface area contributed by atoms with E-state index >= 15 is 0 Å². The van der Waals surface area contributed by atoms with Crippen molar-refractivity contribution in [2.75, 3.05) is 13.2 Å². The van der Waals surface area contributed by atoms with E-state index in [1.807, 2.05) is 18.2 Å². The lowest BCUT2D eigenvalue weighted by Crippen LogP contribution is -2.13. The van der Waals surface area contributed by atoms with E-state index in [-0.39, 0.29) is 19.8 Å². The van der Waals surface area contributed by atoms with Crippen molar-refractivity contribution in [3.05, 3.63) is 89.5 Å². The first kappa shape index (κ1) is 26.2. The van der Waals surface area contributed by atoms with Gasteiger partial charge < -0.3 is 14.6 Å². The summed E-state index contributed by atoms with van der Waals surface area (Å²) in [6.45, 7) is 9.69. The molecule has 0 atom stereocenters. The highest BCUT2D eigenvalue weighted by Gasteiger charge is 2.10. The predicted octanol–water partition coefficient (Wildman–Crippen LogP) is 7.05. The van der Waals surface area contributed by atoms with Crippen LogP contribution in [0, 0.1) is 6.92 Å². The highest BCUT2D eigenvalue weighted by Crippen LogP contribution is 2.32. The fourth-order valence-electron chi connectivity index (χ4n) is 4.01. The summed E-state index contributed by atoms with van der Waals surface area (Å²) in [4.78, 5) is 11.5. The van der Waals surface area contributed by atoms with Gasteiger partial charge >= 0.3 is 5.97 Å². The molecule has 0 amide bonds. The van der Waals surface area contributed by atoms with Gasteiger partial charge in [-0.3, -0.25) is 0 Å². The lowest BCUT2D eigenvalue weighted by Gasteiger charge is -2.14. The molecule has 1 N–H and O–H groups in total. The Morgan fingerprint density at radius 2 is 1.63 bits per heavy atom. The quantitative estimate of drug-likeness (QED) is 0.174. The zero-order valence-corrected chi connectivity index (χ0v) is 21.1. The van der Waals surface area contributed by atoms with Gasteiger partial charge in [0.1, 0.15) is 19.0 Å². The summed E-state index contributed by atoms with van der Waals surface area (Å²) >= 11 is 0. The van der Waals surface area contributed by atoms with Gasteiger partial charge in [-0.1, -0.05) is 80.9 Å². The molecule has 0 aliphatic heterocycles. The van der Waals surface area contributed by atoms with Crippen LogP contribution in [-0.2, 0) is 22.6 Å². The average molecular weight is 473 g/mol. The van der Waals surface area contributed by atoms with Gasteiger partial charge in [-0.25, -0.2) is 4.79 Å². The van der Waals surface area contributed by atoms with Crippen LogP contribution < -0.4 is 4.74 Å². The maximum absolute atomic E-state index is 11.5. The summed E-state index contributed by atoms with van der Waals surface area (Å²) in [5.41, 5.74) is 8.10. The van der Waals surface area contributed by atoms with E-state index in [1.54, 1.807) is 6.92 Å². The van der Waals surface area contributed by atoms with Crippen LogP contribution in [0.2, 0.25) is 0 Å². The first-order valence-corrected chi connectivity index (χ1v) is 12.3. The topological polar surface area (TPSA) is 55.8 Å². The molecular formula is C31H36O4. The van der Waals surface area contributed by atoms with Gasteiger partial charge in [0.15, 0.2) is 0 Å². The summed E-state index contributed by atoms with van der Waals surface area (Å²) in [6, 6.07) is 21.2. The van der Waals surface area contributed by atoms with Crippen molar-refractivity contribution in [1.29, 1.82) is 0 Å². The van der Waals surface area contributed by atoms with Crippen molar-refractivity contribution in [3.8, 4) is 28.0 Å². The number of unbranched alkanes of at least 4 members (excludes halogenated alkanes) is 2. The third-order valence-corrected chi connectivity index (χ3v) is 6.05. The molecule has 0 spiro atoms. The normalized spacial score (nSPS) is 10.7. The Hall–Kier alpha value is -3.37. The number of esters is 1. The van der Waals surface area contributed by atoms with E-state index < -0.39 is 5.97 Å². The highest BCUT2D eigenvalue weighted by molar-refractivity contribution is 5.86. The van der Waals surface area contributed by atoms with Crippen LogP contribution in [0.25, 0.3) is 22.3 Å². The zero-order valence-electron chi connectivity index (χ0n) is 21.1. The Labute approximate surface area is 209 Å². The summed E-state index contributed by atoms with van der Waals surface area (Å²) in [7, 11) is 0. The molecule has 0 heterocycles. The van der Waals surface area contributed by atoms with E-state index in [0.29, 0.717) is 16.9 Å². The van der Waals surface area contributed by atoms with Crippen LogP contribution in [0.5, 0.6) is 5.75 Å². The molecule has 0 bridgehead atoms. The van der Waals surface area contributed by atoms with Crippen LogP contribution in [0.15, 0.2) is 72.8 Å². The molecule has 35 heavy (non-hydrogen) atoms. The fraction of sp³-hybridized carbons (Fsp3) is 0.323. The predicted molar refractivity (Wildman–Crippen MR) is 142 cm³/mol. The molecule has 0 saturated heterocycles. The molecule has 4 nitrogen and oxygen atoms in total. The molecule has 3 aromatic carbocycles. The summed E-state index contributed by atoms with van der Waals surface area (Å²) in [5.74, 6) is 0.144. The highest BCUT2D eigenvalue weighted by atomic mass is 16.6. The lowest BCUT2D eigenvalue weighted by molar-refractivity contribution is -0.139. The Bertz CT molecular complexity index is 1150. The number of carbonyl (C=O) groups is 1. The number of carbonyl (C=O) groups excluding carboxylic acids is 1. The van der Waals surface area contributed by atoms with E-state index in [2.05, 4.69) is 62.9 Å². The van der Waals surface area contributed by atoms with Crippen molar-refractivity contribution < 1.29 is 19.4 Å². The van der Waals surface area contributed by atoms with Crippen LogP contribution in [0.3, 0.4) is 0 Å². The number of hydrogen-bond donors (Lipinski definition) is 1. The van der Waals surface area contributed by atoms with E-state index in [1.165, 1.54) is 36.0 Å². The monoisotopic (exact) mass is 472 g/mol. The number of aliphatic hydroxyl groups excluding tert-OH is 1. The average Bonchev–Trinajstić information content (AvgIpc) is 2.87. The van der Waals surface area contributed by atoms with Crippen LogP contribution in [0.1, 0.15) is 49.8 Å². The van der Waals surface area contributed by atoms with Crippen molar-refractivity contribution in [2.24, 2.45) is 0 Å². The molecule has 0 aromatic heterocycles. The SMILES string of the molecule is C=C(C)C(=O)OCCOc1cc(-c2ccc(-c3ccc(CCCCC)cc3)cc2C)ccc1CO. The van der Waals surface area contributed by atoms with Gasteiger partial charge in [-0.15, -0.1) is 0 Å². The third-order valence-electron chi connectivity index (χ3n) is 6.05. The van der Waals surface area contributed by atoms with Crippen LogP contribution in [0.4, 0.5) is 0 Å². The smallest absolute Gasteiger partial charge is 0.333 e. The molecule has 0 aliphatic carbocycles. The Morgan fingerprint density at radius 1 is 0.914 bits per heavy atom. The summed E-state index contributed by atoms with van der Waals surface area (Å²) in [5, 5.41) is 9.72. The third kappa shape index (κ3) is 7.30. The lowest BCUT2D eigenvalue weighted by atomic mass is 9.94. The van der Waals surface area contributed by atoms with E-state index in [9.17, 15) is 9.90 Å². The number of aliphatic hydroxyl groups is 1. The number of hydrogen-bond acceptors (Lipinski definition) is 4. The second-order valence-electron chi connectivity index (χ2n) is 8.93. The molecule has 3 aromatic rings. The van der Waals surface area contributed by atoms with E-state index in [0.717, 1.165) is 23.1 Å². The van der Waals surface area contributed by atoms with Crippen molar-refractivity contribution in [2.45, 2.75) is 53.1 Å². The van der Waals surface area contributed by atoms with Crippen molar-refractivity contribution >= 4 is 5.97 Å². The van der Waals surface area contributed by atoms with Crippen LogP contribution in [-0.4, -0.2) is 24.3 Å². The zero-order chi connectivity index (χ0) is 25.2. The van der Waals surface area contributed by atoms with Crippen molar-refractivity contribution in [3.63, 3.8) is 0 Å². The van der Waals surface area contributed by atoms with Crippen LogP contribution >= 0.6 is 0 Å². The second-order valence-corrected chi connectivity index (χ2v) is 8.93. The fourth-order valence-corrected chi connectivity index (χ4v) is 4.01. The summed E-state index contributed by atoms with van der Waals surface area (Å²) < 4.78 is 10.9. The largest absolute Gasteiger partial charge is 0.490 e. The van der Waals surface area contributed by atoms with Gasteiger partial charge in [0.2, 0.25) is 0 Å². The maximum atomic E-state index is 11.5. The molecule has 3 rings (SSSR count). The van der Waals surface area contributed by atoms with E-state index in [4.69, 9.17) is 9.47 Å². The molecule has 0 unspecified atom stereocenters. The Morgan fingerprint density at radius 3 is 2.29 bits per heavy atom. The number of aryl methyl sites for hydroxylation is 2. The molecule has 184 valence electrons. The minimum absolute atomic E-state index is 0.117. The minimum Gasteiger partial charge on any atom is -0.490 e. The van der Waals surface area contributed by atoms with Gasteiger partial charge in [-0.2, -0.15) is 0 Å². The first-order valence-electron chi connectivity index (χ1n) is 12.3. The first-order chi connectivity index (χ1) is 16.9. The standard InChI is InChI=1S/C31H36O4/c1-5-6-7-8-24-9-11-25(12-10-24)26-15-16-29(23(4)19-26)27-13-14-28(21-32)30(20-27)34-17-18-35-31(33)22(2)3/h9-16,19-20,32H,2,5-8,17-18,21H2,1,3-4H3. The molecule has 0 fully saturated rings. The minimum atomic E-state index is -0.438. The molecule has 0 aliphatic rings. The molecule has 4 heteroatoms. The van der Waals surface area contributed by atoms with Crippen molar-refractivity contribution in [1.82, 2.24) is 0 Å². The van der Waals surface area contributed by atoms with Gasteiger partial charge in [0.25, 0.3) is 0 Å². The number of rotatable bonds is 12. The van der Waals surface area contributed by atoms with Gasteiger partial charge in [0, 0.05) is 11.1 Å². The summed E-state index contributed by atoms with van der Waals surface area (Å²) in [6.07, 6.45) is 4.89. The molecule has 0 saturated carbocycles. The number of ether oxygens (including phenoxy) is 2. The van der Waals surface area contributed by atoms with Gasteiger partial charge in [-0.05, 0) is 66.1 Å².